The summed E-state index contributed by atoms with van der Waals surface area (Å²) in [6.07, 6.45) is 2.38. The molecule has 0 aromatic carbocycles. The van der Waals surface area contributed by atoms with Crippen LogP contribution in [0.4, 0.5) is 0 Å². The van der Waals surface area contributed by atoms with Gasteiger partial charge in [-0.2, -0.15) is 11.8 Å². The van der Waals surface area contributed by atoms with Crippen LogP contribution >= 0.6 is 35.7 Å². The molecule has 0 amide bonds. The first-order chi connectivity index (χ1) is 10.3. The second kappa shape index (κ2) is 11.8. The lowest BCUT2D eigenvalue weighted by molar-refractivity contribution is 0.136. The van der Waals surface area contributed by atoms with E-state index in [0.29, 0.717) is 0 Å². The van der Waals surface area contributed by atoms with E-state index in [-0.39, 0.29) is 24.0 Å². The Balaban J connectivity index is 0.00000242. The number of nitrogens with two attached hydrogens (primary N) is 1. The highest BCUT2D eigenvalue weighted by Gasteiger charge is 2.14. The van der Waals surface area contributed by atoms with Crippen molar-refractivity contribution in [2.45, 2.75) is 19.8 Å². The zero-order chi connectivity index (χ0) is 14.9. The van der Waals surface area contributed by atoms with E-state index in [1.807, 2.05) is 11.8 Å². The van der Waals surface area contributed by atoms with Crippen LogP contribution in [-0.2, 0) is 0 Å². The molecule has 5 nitrogen and oxygen atoms in total. The first-order valence-electron chi connectivity index (χ1n) is 8.37. The third-order valence-electron chi connectivity index (χ3n) is 4.40. The van der Waals surface area contributed by atoms with Gasteiger partial charge in [0.2, 0.25) is 0 Å². The maximum atomic E-state index is 6.05. The van der Waals surface area contributed by atoms with Crippen molar-refractivity contribution in [3.05, 3.63) is 0 Å². The van der Waals surface area contributed by atoms with Crippen LogP contribution in [0.15, 0.2) is 4.99 Å². The van der Waals surface area contributed by atoms with Crippen molar-refractivity contribution in [2.24, 2.45) is 10.7 Å². The van der Waals surface area contributed by atoms with Crippen LogP contribution in [0.25, 0.3) is 0 Å². The Hall–Kier alpha value is 0.270. The van der Waals surface area contributed by atoms with Gasteiger partial charge in [-0.1, -0.05) is 6.92 Å². The molecule has 0 aliphatic carbocycles. The zero-order valence-electron chi connectivity index (χ0n) is 13.9. The standard InChI is InChI=1S/C15H31N5S.HI/c1-2-18-7-9-19(10-8-18)6-4-3-5-17-15(16)20-11-13-21-14-12-20;/h2-14H2,1H3,(H2,16,17);1H. The summed E-state index contributed by atoms with van der Waals surface area (Å²) in [4.78, 5) is 11.9. The van der Waals surface area contributed by atoms with Crippen LogP contribution in [0, 0.1) is 0 Å². The van der Waals surface area contributed by atoms with Crippen LogP contribution in [0.1, 0.15) is 19.8 Å². The fourth-order valence-corrected chi connectivity index (χ4v) is 3.77. The highest BCUT2D eigenvalue weighted by atomic mass is 127. The lowest BCUT2D eigenvalue weighted by Crippen LogP contribution is -2.46. The first-order valence-corrected chi connectivity index (χ1v) is 9.52. The summed E-state index contributed by atoms with van der Waals surface area (Å²) < 4.78 is 0. The minimum atomic E-state index is 0. The average Bonchev–Trinajstić information content (AvgIpc) is 2.55. The lowest BCUT2D eigenvalue weighted by Gasteiger charge is -2.33. The van der Waals surface area contributed by atoms with E-state index >= 15 is 0 Å². The first kappa shape index (κ1) is 20.3. The van der Waals surface area contributed by atoms with Crippen LogP contribution in [0.5, 0.6) is 0 Å². The average molecular weight is 441 g/mol. The highest BCUT2D eigenvalue weighted by Crippen LogP contribution is 2.08. The Morgan fingerprint density at radius 3 is 2.27 bits per heavy atom. The largest absolute Gasteiger partial charge is 0.370 e. The molecule has 0 unspecified atom stereocenters. The van der Waals surface area contributed by atoms with Gasteiger partial charge in [-0.25, -0.2) is 0 Å². The van der Waals surface area contributed by atoms with Gasteiger partial charge in [-0.3, -0.25) is 4.99 Å². The highest BCUT2D eigenvalue weighted by molar-refractivity contribution is 14.0. The fraction of sp³-hybridized carbons (Fsp3) is 0.933. The summed E-state index contributed by atoms with van der Waals surface area (Å²) in [7, 11) is 0. The number of hydrogen-bond donors (Lipinski definition) is 1. The summed E-state index contributed by atoms with van der Waals surface area (Å²) in [5, 5.41) is 0. The second-order valence-corrected chi connectivity index (χ2v) is 7.05. The lowest BCUT2D eigenvalue weighted by atomic mass is 10.2. The Bertz CT molecular complexity index is 315. The van der Waals surface area contributed by atoms with Crippen molar-refractivity contribution in [1.82, 2.24) is 14.7 Å². The minimum absolute atomic E-state index is 0. The van der Waals surface area contributed by atoms with E-state index in [4.69, 9.17) is 5.73 Å². The normalized spacial score (nSPS) is 21.7. The number of aliphatic imine (C=N–C) groups is 1. The number of likely N-dealkylation sites (N-methyl/N-ethyl adjacent to an activating group) is 1. The third kappa shape index (κ3) is 7.23. The minimum Gasteiger partial charge on any atom is -0.370 e. The van der Waals surface area contributed by atoms with Crippen LogP contribution in [0.2, 0.25) is 0 Å². The summed E-state index contributed by atoms with van der Waals surface area (Å²) in [5.74, 6) is 3.12. The van der Waals surface area contributed by atoms with E-state index in [1.54, 1.807) is 0 Å². The summed E-state index contributed by atoms with van der Waals surface area (Å²) in [6.45, 7) is 12.6. The van der Waals surface area contributed by atoms with Crippen LogP contribution in [-0.4, -0.2) is 91.1 Å². The van der Waals surface area contributed by atoms with E-state index < -0.39 is 0 Å². The molecule has 2 aliphatic rings. The molecule has 0 saturated carbocycles. The van der Waals surface area contributed by atoms with Gasteiger partial charge < -0.3 is 20.4 Å². The Labute approximate surface area is 157 Å². The van der Waals surface area contributed by atoms with E-state index in [9.17, 15) is 0 Å². The number of halogens is 1. The SMILES string of the molecule is CCN1CCN(CCCCN=C(N)N2CCSCC2)CC1.I. The van der Waals surface area contributed by atoms with Crippen molar-refractivity contribution in [1.29, 1.82) is 0 Å². The predicted molar refractivity (Wildman–Crippen MR) is 109 cm³/mol. The number of nitrogens with zero attached hydrogens (tertiary/aromatic N) is 4. The number of piperazine rings is 1. The molecule has 2 aliphatic heterocycles. The monoisotopic (exact) mass is 441 g/mol. The molecular weight excluding hydrogens is 409 g/mol. The summed E-state index contributed by atoms with van der Waals surface area (Å²) >= 11 is 2.00. The molecule has 0 radical (unpaired) electrons. The van der Waals surface area contributed by atoms with E-state index in [2.05, 4.69) is 26.6 Å². The van der Waals surface area contributed by atoms with Gasteiger partial charge in [0.05, 0.1) is 0 Å². The molecule has 2 saturated heterocycles. The van der Waals surface area contributed by atoms with Crippen molar-refractivity contribution in [3.8, 4) is 0 Å². The molecule has 0 atom stereocenters. The molecule has 7 heteroatoms. The Morgan fingerprint density at radius 1 is 1.00 bits per heavy atom. The molecule has 130 valence electrons. The smallest absolute Gasteiger partial charge is 0.191 e. The Kier molecular flexibility index (Phi) is 10.9. The molecule has 2 rings (SSSR count). The van der Waals surface area contributed by atoms with Gasteiger partial charge >= 0.3 is 0 Å². The van der Waals surface area contributed by atoms with Gasteiger partial charge in [0.1, 0.15) is 0 Å². The molecule has 2 heterocycles. The number of unbranched alkanes of at least 4 members (excludes halogenated alkanes) is 1. The molecule has 0 spiro atoms. The van der Waals surface area contributed by atoms with Crippen molar-refractivity contribution in [3.63, 3.8) is 0 Å². The maximum Gasteiger partial charge on any atom is 0.191 e. The molecule has 0 aromatic heterocycles. The van der Waals surface area contributed by atoms with E-state index in [0.717, 1.165) is 32.0 Å². The fourth-order valence-electron chi connectivity index (χ4n) is 2.86. The van der Waals surface area contributed by atoms with Gasteiger partial charge in [0.25, 0.3) is 0 Å². The molecule has 2 N–H and O–H groups in total. The zero-order valence-corrected chi connectivity index (χ0v) is 17.0. The third-order valence-corrected chi connectivity index (χ3v) is 5.35. The van der Waals surface area contributed by atoms with Gasteiger partial charge in [-0.05, 0) is 25.9 Å². The number of guanidine groups is 1. The molecule has 2 fully saturated rings. The van der Waals surface area contributed by atoms with Gasteiger partial charge in [0, 0.05) is 57.3 Å². The molecule has 22 heavy (non-hydrogen) atoms. The van der Waals surface area contributed by atoms with E-state index in [1.165, 1.54) is 57.2 Å². The quantitative estimate of drug-likeness (QED) is 0.292. The second-order valence-electron chi connectivity index (χ2n) is 5.82. The molecule has 0 bridgehead atoms. The van der Waals surface area contributed by atoms with Gasteiger partial charge in [-0.15, -0.1) is 24.0 Å². The summed E-state index contributed by atoms with van der Waals surface area (Å²) in [6, 6.07) is 0. The number of rotatable bonds is 6. The molecule has 0 aromatic rings. The number of hydrogen-bond acceptors (Lipinski definition) is 4. The number of thioether (sulfide) groups is 1. The van der Waals surface area contributed by atoms with Crippen molar-refractivity contribution >= 4 is 41.7 Å². The van der Waals surface area contributed by atoms with Crippen LogP contribution in [0.3, 0.4) is 0 Å². The predicted octanol–water partition coefficient (Wildman–Crippen LogP) is 1.39. The van der Waals surface area contributed by atoms with Crippen LogP contribution < -0.4 is 5.73 Å². The summed E-state index contributed by atoms with van der Waals surface area (Å²) in [5.41, 5.74) is 6.05. The van der Waals surface area contributed by atoms with Crippen molar-refractivity contribution in [2.75, 3.05) is 70.4 Å². The maximum absolute atomic E-state index is 6.05. The molecular formula is C15H32IN5S. The Morgan fingerprint density at radius 2 is 1.64 bits per heavy atom. The van der Waals surface area contributed by atoms with Gasteiger partial charge in [0.15, 0.2) is 5.96 Å². The van der Waals surface area contributed by atoms with Crippen molar-refractivity contribution < 1.29 is 0 Å². The topological polar surface area (TPSA) is 48.1 Å².